The molecule has 0 heterocycles. The van der Waals surface area contributed by atoms with Crippen LogP contribution in [0.25, 0.3) is 0 Å². The summed E-state index contributed by atoms with van der Waals surface area (Å²) in [6, 6.07) is 14.5. The second-order valence-corrected chi connectivity index (χ2v) is 11.3. The van der Waals surface area contributed by atoms with Crippen LogP contribution in [0.4, 0.5) is 0 Å². The van der Waals surface area contributed by atoms with Crippen LogP contribution in [0, 0.1) is 16.2 Å². The highest BCUT2D eigenvalue weighted by Gasteiger charge is 2.76. The molecule has 3 rings (SSSR count). The van der Waals surface area contributed by atoms with Crippen molar-refractivity contribution in [2.45, 2.75) is 45.4 Å². The van der Waals surface area contributed by atoms with Crippen molar-refractivity contribution in [2.24, 2.45) is 16.2 Å². The van der Waals surface area contributed by atoms with E-state index < -0.39 is 10.0 Å². The maximum Gasteiger partial charge on any atom is 0.240 e. The van der Waals surface area contributed by atoms with Gasteiger partial charge >= 0.3 is 0 Å². The summed E-state index contributed by atoms with van der Waals surface area (Å²) < 4.78 is 28.5. The van der Waals surface area contributed by atoms with Crippen molar-refractivity contribution in [1.29, 1.82) is 0 Å². The monoisotopic (exact) mass is 435 g/mol. The Morgan fingerprint density at radius 1 is 0.897 bits per heavy atom. The topological polar surface area (TPSA) is 66.4 Å². The molecular weight excluding hydrogens is 406 g/mol. The highest BCUT2D eigenvalue weighted by molar-refractivity contribution is 7.89. The Bertz CT molecular complexity index is 950. The second kappa shape index (κ2) is 7.69. The molecule has 0 radical (unpaired) electrons. The van der Waals surface area contributed by atoms with Gasteiger partial charge in [-0.3, -0.25) is 0 Å². The first kappa shape index (κ1) is 22.3. The molecule has 2 aromatic rings. The zero-order valence-electron chi connectivity index (χ0n) is 17.5. The molecule has 0 spiro atoms. The molecule has 0 amide bonds. The molecule has 1 aliphatic rings. The van der Waals surface area contributed by atoms with E-state index in [1.165, 1.54) is 17.7 Å². The highest BCUT2D eigenvalue weighted by Crippen LogP contribution is 2.78. The standard InChI is InChI=1S/C23H30ClNO3S/c1-21(2)22(3,4)23(21,15-18-7-5-17(6-8-18)13-14-26)16-25-29(27,28)20-11-9-19(24)10-12-20/h5-12,25-26H,13-16H2,1-4H3. The zero-order valence-corrected chi connectivity index (χ0v) is 19.1. The Labute approximate surface area is 179 Å². The van der Waals surface area contributed by atoms with Crippen molar-refractivity contribution in [1.82, 2.24) is 4.72 Å². The minimum Gasteiger partial charge on any atom is -0.396 e. The number of rotatable bonds is 8. The third kappa shape index (κ3) is 3.86. The number of sulfonamides is 1. The van der Waals surface area contributed by atoms with E-state index >= 15 is 0 Å². The van der Waals surface area contributed by atoms with Crippen molar-refractivity contribution < 1.29 is 13.5 Å². The Morgan fingerprint density at radius 3 is 1.90 bits per heavy atom. The second-order valence-electron chi connectivity index (χ2n) is 9.08. The normalized spacial score (nSPS) is 19.1. The van der Waals surface area contributed by atoms with Gasteiger partial charge in [-0.2, -0.15) is 0 Å². The lowest BCUT2D eigenvalue weighted by atomic mass is 9.87. The number of halogens is 1. The average molecular weight is 436 g/mol. The van der Waals surface area contributed by atoms with Gasteiger partial charge in [0.2, 0.25) is 10.0 Å². The molecule has 2 N–H and O–H groups in total. The molecule has 158 valence electrons. The number of aliphatic hydroxyl groups is 1. The quantitative estimate of drug-likeness (QED) is 0.643. The van der Waals surface area contributed by atoms with Crippen molar-refractivity contribution in [2.75, 3.05) is 13.2 Å². The summed E-state index contributed by atoms with van der Waals surface area (Å²) in [4.78, 5) is 0.224. The molecule has 0 bridgehead atoms. The lowest BCUT2D eigenvalue weighted by molar-refractivity contribution is 0.299. The molecule has 4 nitrogen and oxygen atoms in total. The fourth-order valence-electron chi connectivity index (χ4n) is 4.71. The molecule has 6 heteroatoms. The summed E-state index contributed by atoms with van der Waals surface area (Å²) in [5.41, 5.74) is 2.04. The van der Waals surface area contributed by atoms with Crippen molar-refractivity contribution in [3.8, 4) is 0 Å². The Balaban J connectivity index is 1.82. The van der Waals surface area contributed by atoms with E-state index in [-0.39, 0.29) is 27.7 Å². The van der Waals surface area contributed by atoms with Crippen LogP contribution in [0.3, 0.4) is 0 Å². The van der Waals surface area contributed by atoms with E-state index in [2.05, 4.69) is 44.5 Å². The van der Waals surface area contributed by atoms with Crippen molar-refractivity contribution >= 4 is 21.6 Å². The first-order valence-corrected chi connectivity index (χ1v) is 11.8. The van der Waals surface area contributed by atoms with Gasteiger partial charge in [-0.25, -0.2) is 13.1 Å². The first-order chi connectivity index (χ1) is 13.5. The number of benzene rings is 2. The summed E-state index contributed by atoms with van der Waals surface area (Å²) in [5, 5.41) is 9.61. The lowest BCUT2D eigenvalue weighted by Gasteiger charge is -2.23. The van der Waals surface area contributed by atoms with Gasteiger partial charge in [0.15, 0.2) is 0 Å². The van der Waals surface area contributed by atoms with Crippen LogP contribution >= 0.6 is 11.6 Å². The molecule has 1 aliphatic carbocycles. The van der Waals surface area contributed by atoms with Gasteiger partial charge in [-0.05, 0) is 64.5 Å². The first-order valence-electron chi connectivity index (χ1n) is 9.91. The molecule has 0 saturated heterocycles. The van der Waals surface area contributed by atoms with Crippen LogP contribution < -0.4 is 4.72 Å². The van der Waals surface area contributed by atoms with E-state index in [9.17, 15) is 8.42 Å². The van der Waals surface area contributed by atoms with Gasteiger partial charge in [-0.1, -0.05) is 63.6 Å². The summed E-state index contributed by atoms with van der Waals surface area (Å²) in [7, 11) is -3.61. The smallest absolute Gasteiger partial charge is 0.240 e. The van der Waals surface area contributed by atoms with E-state index in [0.29, 0.717) is 18.0 Å². The Morgan fingerprint density at radius 2 is 1.41 bits per heavy atom. The summed E-state index contributed by atoms with van der Waals surface area (Å²) in [6.45, 7) is 9.35. The molecule has 0 aromatic heterocycles. The zero-order chi connectivity index (χ0) is 21.5. The molecule has 2 aromatic carbocycles. The van der Waals surface area contributed by atoms with E-state index in [1.54, 1.807) is 12.1 Å². The molecular formula is C23H30ClNO3S. The fourth-order valence-corrected chi connectivity index (χ4v) is 5.93. The highest BCUT2D eigenvalue weighted by atomic mass is 35.5. The van der Waals surface area contributed by atoms with Crippen molar-refractivity contribution in [3.63, 3.8) is 0 Å². The van der Waals surface area contributed by atoms with E-state index in [0.717, 1.165) is 12.0 Å². The number of hydrogen-bond acceptors (Lipinski definition) is 3. The van der Waals surface area contributed by atoms with Crippen LogP contribution in [-0.2, 0) is 22.9 Å². The molecule has 0 atom stereocenters. The van der Waals surface area contributed by atoms with Gasteiger partial charge in [0.05, 0.1) is 4.90 Å². The fraction of sp³-hybridized carbons (Fsp3) is 0.478. The van der Waals surface area contributed by atoms with Crippen LogP contribution in [0.5, 0.6) is 0 Å². The van der Waals surface area contributed by atoms with E-state index in [4.69, 9.17) is 16.7 Å². The molecule has 1 saturated carbocycles. The molecule has 29 heavy (non-hydrogen) atoms. The van der Waals surface area contributed by atoms with Crippen molar-refractivity contribution in [3.05, 3.63) is 64.7 Å². The average Bonchev–Trinajstić information content (AvgIpc) is 2.99. The SMILES string of the molecule is CC1(C)C(C)(C)C1(CNS(=O)(=O)c1ccc(Cl)cc1)Cc1ccc(CCO)cc1. The number of aliphatic hydroxyl groups excluding tert-OH is 1. The number of hydrogen-bond donors (Lipinski definition) is 2. The van der Waals surface area contributed by atoms with E-state index in [1.807, 2.05) is 12.1 Å². The van der Waals surface area contributed by atoms with Gasteiger partial charge < -0.3 is 5.11 Å². The summed E-state index contributed by atoms with van der Waals surface area (Å²) in [5.74, 6) is 0. The predicted molar refractivity (Wildman–Crippen MR) is 118 cm³/mol. The maximum absolute atomic E-state index is 12.8. The summed E-state index contributed by atoms with van der Waals surface area (Å²) in [6.07, 6.45) is 1.43. The van der Waals surface area contributed by atoms with Crippen LogP contribution in [-0.4, -0.2) is 26.7 Å². The Kier molecular flexibility index (Phi) is 5.91. The molecule has 1 fully saturated rings. The molecule has 0 aliphatic heterocycles. The van der Waals surface area contributed by atoms with Crippen LogP contribution in [0.15, 0.2) is 53.4 Å². The van der Waals surface area contributed by atoms with Gasteiger partial charge in [0.25, 0.3) is 0 Å². The Hall–Kier alpha value is -1.40. The largest absolute Gasteiger partial charge is 0.396 e. The van der Waals surface area contributed by atoms with Gasteiger partial charge in [0, 0.05) is 18.2 Å². The van der Waals surface area contributed by atoms with Gasteiger partial charge in [-0.15, -0.1) is 0 Å². The molecule has 0 unspecified atom stereocenters. The number of nitrogens with one attached hydrogen (secondary N) is 1. The van der Waals surface area contributed by atoms with Gasteiger partial charge in [0.1, 0.15) is 0 Å². The third-order valence-electron chi connectivity index (χ3n) is 7.51. The predicted octanol–water partition coefficient (Wildman–Crippen LogP) is 4.45. The summed E-state index contributed by atoms with van der Waals surface area (Å²) >= 11 is 5.89. The minimum atomic E-state index is -3.61. The third-order valence-corrected chi connectivity index (χ3v) is 9.18. The lowest BCUT2D eigenvalue weighted by Crippen LogP contribution is -2.35. The van der Waals surface area contributed by atoms with Crippen LogP contribution in [0.1, 0.15) is 38.8 Å². The van der Waals surface area contributed by atoms with Crippen LogP contribution in [0.2, 0.25) is 5.02 Å². The minimum absolute atomic E-state index is 0.0215. The maximum atomic E-state index is 12.8.